The van der Waals surface area contributed by atoms with Crippen LogP contribution in [0, 0.1) is 5.82 Å². The molecule has 3 aromatic rings. The third kappa shape index (κ3) is 3.37. The molecule has 2 heterocycles. The molecule has 1 aromatic heterocycles. The van der Waals surface area contributed by atoms with Crippen molar-refractivity contribution < 1.29 is 27.9 Å². The summed E-state index contributed by atoms with van der Waals surface area (Å²) in [6.07, 6.45) is -0.839. The molecule has 0 N–H and O–H groups in total. The topological polar surface area (TPSA) is 70.8 Å². The van der Waals surface area contributed by atoms with Crippen LogP contribution in [0.1, 0.15) is 5.69 Å². The van der Waals surface area contributed by atoms with Crippen LogP contribution < -0.4 is 9.47 Å². The molecule has 26 heavy (non-hydrogen) atoms. The van der Waals surface area contributed by atoms with E-state index in [1.165, 1.54) is 12.1 Å². The molecule has 1 atom stereocenters. The van der Waals surface area contributed by atoms with Gasteiger partial charge >= 0.3 is 5.97 Å². The Labute approximate surface area is 148 Å². The minimum Gasteiger partial charge on any atom is -0.485 e. The Morgan fingerprint density at radius 1 is 1.15 bits per heavy atom. The number of carbonyl (C=O) groups excluding carboxylic acids is 1. The van der Waals surface area contributed by atoms with Crippen molar-refractivity contribution in [3.8, 4) is 22.8 Å². The summed E-state index contributed by atoms with van der Waals surface area (Å²) in [5.41, 5.74) is 1.12. The molecule has 4 rings (SSSR count). The van der Waals surface area contributed by atoms with Gasteiger partial charge in [-0.3, -0.25) is 0 Å². The maximum atomic E-state index is 13.0. The number of hydrogen-bond donors (Lipinski definition) is 0. The number of rotatable bonds is 4. The van der Waals surface area contributed by atoms with E-state index >= 15 is 0 Å². The Balaban J connectivity index is 1.36. The Kier molecular flexibility index (Phi) is 4.27. The van der Waals surface area contributed by atoms with Gasteiger partial charge in [-0.05, 0) is 36.4 Å². The summed E-state index contributed by atoms with van der Waals surface area (Å²) >= 11 is 0. The second-order valence-corrected chi connectivity index (χ2v) is 5.66. The molecular weight excluding hydrogens is 341 g/mol. The smallest absolute Gasteiger partial charge is 0.351 e. The zero-order valence-electron chi connectivity index (χ0n) is 13.6. The van der Waals surface area contributed by atoms with E-state index in [0.717, 1.165) is 0 Å². The van der Waals surface area contributed by atoms with Crippen molar-refractivity contribution in [2.24, 2.45) is 0 Å². The Morgan fingerprint density at radius 3 is 2.73 bits per heavy atom. The summed E-state index contributed by atoms with van der Waals surface area (Å²) in [4.78, 5) is 12.2. The maximum absolute atomic E-state index is 13.0. The molecule has 0 amide bonds. The normalized spacial score (nSPS) is 15.5. The molecule has 0 bridgehead atoms. The monoisotopic (exact) mass is 355 g/mol. The van der Waals surface area contributed by atoms with E-state index in [2.05, 4.69) is 5.16 Å². The molecule has 7 heteroatoms. The molecule has 0 aliphatic carbocycles. The summed E-state index contributed by atoms with van der Waals surface area (Å²) in [5, 5.41) is 3.85. The van der Waals surface area contributed by atoms with E-state index < -0.39 is 12.1 Å². The largest absolute Gasteiger partial charge is 0.485 e. The fourth-order valence-corrected chi connectivity index (χ4v) is 2.50. The average Bonchev–Trinajstić information content (AvgIpc) is 3.15. The summed E-state index contributed by atoms with van der Waals surface area (Å²) in [7, 11) is 0. The fraction of sp³-hybridized carbons (Fsp3) is 0.158. The molecule has 0 spiro atoms. The maximum Gasteiger partial charge on any atom is 0.351 e. The predicted molar refractivity (Wildman–Crippen MR) is 88.0 cm³/mol. The highest BCUT2D eigenvalue weighted by Crippen LogP contribution is 2.31. The predicted octanol–water partition coefficient (Wildman–Crippen LogP) is 3.36. The Morgan fingerprint density at radius 2 is 1.92 bits per heavy atom. The first-order valence-corrected chi connectivity index (χ1v) is 7.96. The molecule has 1 aliphatic rings. The number of aromatic nitrogens is 1. The van der Waals surface area contributed by atoms with Gasteiger partial charge in [-0.25, -0.2) is 9.18 Å². The summed E-state index contributed by atoms with van der Waals surface area (Å²) in [6, 6.07) is 14.6. The van der Waals surface area contributed by atoms with Gasteiger partial charge in [-0.15, -0.1) is 0 Å². The number of esters is 1. The molecule has 2 aromatic carbocycles. The van der Waals surface area contributed by atoms with Crippen molar-refractivity contribution in [1.82, 2.24) is 5.16 Å². The minimum atomic E-state index is -0.839. The van der Waals surface area contributed by atoms with Gasteiger partial charge < -0.3 is 18.7 Å². The molecule has 0 saturated heterocycles. The summed E-state index contributed by atoms with van der Waals surface area (Å²) < 4.78 is 34.5. The van der Waals surface area contributed by atoms with Crippen LogP contribution in [-0.4, -0.2) is 23.8 Å². The second-order valence-electron chi connectivity index (χ2n) is 5.66. The van der Waals surface area contributed by atoms with E-state index in [1.807, 2.05) is 6.07 Å². The van der Waals surface area contributed by atoms with Crippen LogP contribution in [0.5, 0.6) is 11.5 Å². The second kappa shape index (κ2) is 6.87. The van der Waals surface area contributed by atoms with Gasteiger partial charge in [0.1, 0.15) is 24.7 Å². The lowest BCUT2D eigenvalue weighted by atomic mass is 10.1. The van der Waals surface area contributed by atoms with Gasteiger partial charge in [0.05, 0.1) is 0 Å². The first-order valence-electron chi connectivity index (χ1n) is 7.96. The van der Waals surface area contributed by atoms with Gasteiger partial charge in [-0.2, -0.15) is 0 Å². The number of halogens is 1. The molecule has 0 radical (unpaired) electrons. The van der Waals surface area contributed by atoms with Crippen LogP contribution in [0.3, 0.4) is 0 Å². The van der Waals surface area contributed by atoms with Crippen molar-refractivity contribution in [1.29, 1.82) is 0 Å². The molecule has 132 valence electrons. The molecule has 6 nitrogen and oxygen atoms in total. The van der Waals surface area contributed by atoms with Crippen LogP contribution in [0.25, 0.3) is 11.3 Å². The molecule has 0 saturated carbocycles. The van der Waals surface area contributed by atoms with Crippen molar-refractivity contribution in [3.05, 3.63) is 66.1 Å². The third-order valence-corrected chi connectivity index (χ3v) is 3.82. The lowest BCUT2D eigenvalue weighted by Gasteiger charge is -2.24. The third-order valence-electron chi connectivity index (χ3n) is 3.82. The van der Waals surface area contributed by atoms with Crippen LogP contribution in [-0.2, 0) is 16.1 Å². The highest BCUT2D eigenvalue weighted by atomic mass is 19.1. The lowest BCUT2D eigenvalue weighted by molar-refractivity contribution is -0.156. The molecule has 1 unspecified atom stereocenters. The van der Waals surface area contributed by atoms with Gasteiger partial charge in [0.25, 0.3) is 0 Å². The van der Waals surface area contributed by atoms with Crippen LogP contribution in [0.4, 0.5) is 4.39 Å². The van der Waals surface area contributed by atoms with Gasteiger partial charge in [0.15, 0.2) is 17.3 Å². The number of benzene rings is 2. The zero-order valence-corrected chi connectivity index (χ0v) is 13.6. The Hall–Kier alpha value is -3.35. The fourth-order valence-electron chi connectivity index (χ4n) is 2.50. The highest BCUT2D eigenvalue weighted by molar-refractivity contribution is 5.76. The minimum absolute atomic E-state index is 0.0644. The van der Waals surface area contributed by atoms with Gasteiger partial charge in [0.2, 0.25) is 6.10 Å². The van der Waals surface area contributed by atoms with E-state index in [4.69, 9.17) is 18.7 Å². The SMILES string of the molecule is O=C(OCc1cc(-c2ccc(F)cc2)on1)C1COc2ccccc2O1. The van der Waals surface area contributed by atoms with Crippen molar-refractivity contribution in [3.63, 3.8) is 0 Å². The number of ether oxygens (including phenoxy) is 3. The molecular formula is C19H14FNO5. The average molecular weight is 355 g/mol. The zero-order chi connectivity index (χ0) is 17.9. The molecule has 0 fully saturated rings. The first-order chi connectivity index (χ1) is 12.7. The number of fused-ring (bicyclic) bond motifs is 1. The first kappa shape index (κ1) is 16.1. The number of carbonyl (C=O) groups is 1. The van der Waals surface area contributed by atoms with E-state index in [0.29, 0.717) is 28.5 Å². The van der Waals surface area contributed by atoms with Gasteiger partial charge in [0, 0.05) is 11.6 Å². The quantitative estimate of drug-likeness (QED) is 0.669. The van der Waals surface area contributed by atoms with Crippen LogP contribution in [0.2, 0.25) is 0 Å². The number of hydrogen-bond acceptors (Lipinski definition) is 6. The van der Waals surface area contributed by atoms with Crippen LogP contribution in [0.15, 0.2) is 59.1 Å². The lowest BCUT2D eigenvalue weighted by Crippen LogP contribution is -2.37. The molecule has 1 aliphatic heterocycles. The number of para-hydroxylation sites is 2. The summed E-state index contributed by atoms with van der Waals surface area (Å²) in [5.74, 6) is 0.671. The van der Waals surface area contributed by atoms with Crippen molar-refractivity contribution in [2.75, 3.05) is 6.61 Å². The van der Waals surface area contributed by atoms with Crippen molar-refractivity contribution >= 4 is 5.97 Å². The van der Waals surface area contributed by atoms with E-state index in [-0.39, 0.29) is 19.0 Å². The van der Waals surface area contributed by atoms with E-state index in [1.54, 1.807) is 36.4 Å². The van der Waals surface area contributed by atoms with Gasteiger partial charge in [-0.1, -0.05) is 17.3 Å². The standard InChI is InChI=1S/C19H14FNO5/c20-13-7-5-12(6-8-13)17-9-14(21-26-17)10-24-19(22)18-11-23-15-3-1-2-4-16(15)25-18/h1-9,18H,10-11H2. The Bertz CT molecular complexity index is 922. The summed E-state index contributed by atoms with van der Waals surface area (Å²) in [6.45, 7) is 0.0144. The highest BCUT2D eigenvalue weighted by Gasteiger charge is 2.28. The van der Waals surface area contributed by atoms with Crippen LogP contribution >= 0.6 is 0 Å². The van der Waals surface area contributed by atoms with E-state index in [9.17, 15) is 9.18 Å². The number of nitrogens with zero attached hydrogens (tertiary/aromatic N) is 1. The van der Waals surface area contributed by atoms with Crippen molar-refractivity contribution in [2.45, 2.75) is 12.7 Å².